The fraction of sp³-hybridized carbons (Fsp3) is 0.400. The molecule has 112 valence electrons. The lowest BCUT2D eigenvalue weighted by molar-refractivity contribution is 0.0572. The smallest absolute Gasteiger partial charge is 0.138 e. The number of para-hydroxylation sites is 1. The molecule has 1 saturated heterocycles. The summed E-state index contributed by atoms with van der Waals surface area (Å²) in [6.07, 6.45) is -1.56. The van der Waals surface area contributed by atoms with Crippen molar-refractivity contribution in [1.82, 2.24) is 9.78 Å². The highest BCUT2D eigenvalue weighted by molar-refractivity contribution is 5.56. The standard InChI is InChI=1S/C15H19N3O3/c1-10-12(9-19)15(17-7-13(20)14(21)8-17)18(16-10)11-5-3-2-4-6-11/h2-6,13-14,19-21H,7-9H2,1H3. The van der Waals surface area contributed by atoms with Crippen molar-refractivity contribution < 1.29 is 15.3 Å². The molecule has 1 aromatic carbocycles. The molecule has 3 rings (SSSR count). The van der Waals surface area contributed by atoms with Crippen molar-refractivity contribution in [3.05, 3.63) is 41.6 Å². The lowest BCUT2D eigenvalue weighted by Crippen LogP contribution is -2.25. The highest BCUT2D eigenvalue weighted by atomic mass is 16.3. The third-order valence-corrected chi connectivity index (χ3v) is 3.87. The molecule has 1 aromatic heterocycles. The summed E-state index contributed by atoms with van der Waals surface area (Å²) in [6, 6.07) is 9.63. The molecule has 1 aliphatic rings. The molecule has 2 heterocycles. The van der Waals surface area contributed by atoms with Crippen LogP contribution in [0.3, 0.4) is 0 Å². The SMILES string of the molecule is Cc1nn(-c2ccccc2)c(N2CC(O)C(O)C2)c1CO. The summed E-state index contributed by atoms with van der Waals surface area (Å²) < 4.78 is 1.76. The first-order valence-corrected chi connectivity index (χ1v) is 6.97. The largest absolute Gasteiger partial charge is 0.391 e. The summed E-state index contributed by atoms with van der Waals surface area (Å²) in [4.78, 5) is 1.87. The monoisotopic (exact) mass is 289 g/mol. The molecule has 0 spiro atoms. The van der Waals surface area contributed by atoms with E-state index in [0.717, 1.165) is 22.8 Å². The van der Waals surface area contributed by atoms with Crippen molar-refractivity contribution in [1.29, 1.82) is 0 Å². The van der Waals surface area contributed by atoms with Gasteiger partial charge in [0.2, 0.25) is 0 Å². The summed E-state index contributed by atoms with van der Waals surface area (Å²) in [6.45, 7) is 2.37. The van der Waals surface area contributed by atoms with E-state index in [1.807, 2.05) is 42.2 Å². The van der Waals surface area contributed by atoms with Gasteiger partial charge in [-0.15, -0.1) is 0 Å². The zero-order chi connectivity index (χ0) is 15.0. The Morgan fingerprint density at radius 3 is 2.33 bits per heavy atom. The molecule has 0 aliphatic carbocycles. The van der Waals surface area contributed by atoms with Gasteiger partial charge in [0.1, 0.15) is 5.82 Å². The van der Waals surface area contributed by atoms with Crippen molar-refractivity contribution in [2.45, 2.75) is 25.7 Å². The van der Waals surface area contributed by atoms with Crippen LogP contribution in [-0.2, 0) is 6.61 Å². The van der Waals surface area contributed by atoms with E-state index in [2.05, 4.69) is 5.10 Å². The molecular formula is C15H19N3O3. The second kappa shape index (κ2) is 5.48. The van der Waals surface area contributed by atoms with Crippen LogP contribution in [-0.4, -0.2) is 50.4 Å². The Labute approximate surface area is 122 Å². The van der Waals surface area contributed by atoms with E-state index < -0.39 is 12.2 Å². The molecule has 0 amide bonds. The predicted molar refractivity (Wildman–Crippen MR) is 78.5 cm³/mol. The van der Waals surface area contributed by atoms with Crippen LogP contribution in [0.5, 0.6) is 0 Å². The van der Waals surface area contributed by atoms with Gasteiger partial charge in [-0.05, 0) is 19.1 Å². The topological polar surface area (TPSA) is 81.8 Å². The van der Waals surface area contributed by atoms with E-state index in [0.29, 0.717) is 13.1 Å². The lowest BCUT2D eigenvalue weighted by Gasteiger charge is -2.20. The second-order valence-electron chi connectivity index (χ2n) is 5.33. The number of hydrogen-bond donors (Lipinski definition) is 3. The number of β-amino-alcohol motifs (C(OH)–C–C–N with tert-alkyl or cyclic N) is 2. The number of aryl methyl sites for hydroxylation is 1. The van der Waals surface area contributed by atoms with Crippen LogP contribution in [0.25, 0.3) is 5.69 Å². The fourth-order valence-corrected chi connectivity index (χ4v) is 2.75. The van der Waals surface area contributed by atoms with E-state index in [1.165, 1.54) is 0 Å². The minimum atomic E-state index is -0.782. The summed E-state index contributed by atoms with van der Waals surface area (Å²) in [5.41, 5.74) is 2.35. The van der Waals surface area contributed by atoms with Crippen LogP contribution in [0.4, 0.5) is 5.82 Å². The van der Waals surface area contributed by atoms with Crippen LogP contribution in [0.1, 0.15) is 11.3 Å². The van der Waals surface area contributed by atoms with Gasteiger partial charge in [-0.25, -0.2) is 4.68 Å². The Balaban J connectivity index is 2.09. The molecule has 1 aliphatic heterocycles. The predicted octanol–water partition coefficient (Wildman–Crippen LogP) is 0.215. The molecule has 2 aromatic rings. The van der Waals surface area contributed by atoms with Gasteiger partial charge in [0.05, 0.1) is 30.2 Å². The zero-order valence-electron chi connectivity index (χ0n) is 11.8. The zero-order valence-corrected chi connectivity index (χ0v) is 11.8. The van der Waals surface area contributed by atoms with Crippen LogP contribution in [0.2, 0.25) is 0 Å². The van der Waals surface area contributed by atoms with Crippen LogP contribution >= 0.6 is 0 Å². The van der Waals surface area contributed by atoms with Gasteiger partial charge in [0.25, 0.3) is 0 Å². The molecule has 2 unspecified atom stereocenters. The number of benzene rings is 1. The number of aromatic nitrogens is 2. The van der Waals surface area contributed by atoms with Crippen molar-refractivity contribution in [2.24, 2.45) is 0 Å². The second-order valence-corrected chi connectivity index (χ2v) is 5.33. The van der Waals surface area contributed by atoms with Crippen molar-refractivity contribution in [3.8, 4) is 5.69 Å². The van der Waals surface area contributed by atoms with Gasteiger partial charge in [0, 0.05) is 18.7 Å². The molecule has 0 bridgehead atoms. The number of aliphatic hydroxyl groups is 3. The van der Waals surface area contributed by atoms with Crippen molar-refractivity contribution >= 4 is 5.82 Å². The number of aliphatic hydroxyl groups excluding tert-OH is 3. The molecule has 21 heavy (non-hydrogen) atoms. The maximum atomic E-state index is 9.78. The molecular weight excluding hydrogens is 270 g/mol. The summed E-state index contributed by atoms with van der Waals surface area (Å²) in [5.74, 6) is 0.733. The average Bonchev–Trinajstić information content (AvgIpc) is 3.00. The minimum Gasteiger partial charge on any atom is -0.391 e. The Hall–Kier alpha value is -1.89. The van der Waals surface area contributed by atoms with Gasteiger partial charge < -0.3 is 20.2 Å². The summed E-state index contributed by atoms with van der Waals surface area (Å²) >= 11 is 0. The highest BCUT2D eigenvalue weighted by Crippen LogP contribution is 2.30. The van der Waals surface area contributed by atoms with E-state index in [-0.39, 0.29) is 6.61 Å². The molecule has 6 heteroatoms. The van der Waals surface area contributed by atoms with E-state index in [1.54, 1.807) is 4.68 Å². The fourth-order valence-electron chi connectivity index (χ4n) is 2.75. The third kappa shape index (κ3) is 2.42. The van der Waals surface area contributed by atoms with E-state index in [9.17, 15) is 15.3 Å². The maximum absolute atomic E-state index is 9.78. The van der Waals surface area contributed by atoms with Gasteiger partial charge >= 0.3 is 0 Å². The Morgan fingerprint density at radius 1 is 1.14 bits per heavy atom. The average molecular weight is 289 g/mol. The molecule has 6 nitrogen and oxygen atoms in total. The van der Waals surface area contributed by atoms with Crippen LogP contribution in [0.15, 0.2) is 30.3 Å². The third-order valence-electron chi connectivity index (χ3n) is 3.87. The van der Waals surface area contributed by atoms with Crippen molar-refractivity contribution in [3.63, 3.8) is 0 Å². The van der Waals surface area contributed by atoms with Crippen LogP contribution < -0.4 is 4.90 Å². The Kier molecular flexibility index (Phi) is 3.67. The van der Waals surface area contributed by atoms with E-state index >= 15 is 0 Å². The number of hydrogen-bond acceptors (Lipinski definition) is 5. The Bertz CT molecular complexity index is 617. The molecule has 3 N–H and O–H groups in total. The van der Waals surface area contributed by atoms with Gasteiger partial charge in [0.15, 0.2) is 0 Å². The summed E-state index contributed by atoms with van der Waals surface area (Å²) in [7, 11) is 0. The number of rotatable bonds is 3. The number of anilines is 1. The van der Waals surface area contributed by atoms with E-state index in [4.69, 9.17) is 0 Å². The van der Waals surface area contributed by atoms with Gasteiger partial charge in [-0.1, -0.05) is 18.2 Å². The normalized spacial score (nSPS) is 22.0. The molecule has 1 fully saturated rings. The quantitative estimate of drug-likeness (QED) is 0.753. The van der Waals surface area contributed by atoms with Gasteiger partial charge in [-0.3, -0.25) is 0 Å². The Morgan fingerprint density at radius 2 is 1.76 bits per heavy atom. The summed E-state index contributed by atoms with van der Waals surface area (Å²) in [5, 5.41) is 33.7. The molecule has 0 radical (unpaired) electrons. The highest BCUT2D eigenvalue weighted by Gasteiger charge is 2.33. The molecule has 0 saturated carbocycles. The van der Waals surface area contributed by atoms with Gasteiger partial charge in [-0.2, -0.15) is 5.10 Å². The van der Waals surface area contributed by atoms with Crippen LogP contribution in [0, 0.1) is 6.92 Å². The lowest BCUT2D eigenvalue weighted by atomic mass is 10.2. The first kappa shape index (κ1) is 14.1. The first-order valence-electron chi connectivity index (χ1n) is 6.97. The maximum Gasteiger partial charge on any atom is 0.138 e. The minimum absolute atomic E-state index is 0.128. The number of nitrogens with zero attached hydrogens (tertiary/aromatic N) is 3. The first-order chi connectivity index (χ1) is 10.1. The van der Waals surface area contributed by atoms with Crippen molar-refractivity contribution in [2.75, 3.05) is 18.0 Å². The molecule has 2 atom stereocenters.